The Morgan fingerprint density at radius 3 is 0.929 bits per heavy atom. The summed E-state index contributed by atoms with van der Waals surface area (Å²) in [5.74, 6) is 0. The lowest BCUT2D eigenvalue weighted by molar-refractivity contribution is 1.13. The molecule has 0 N–H and O–H groups in total. The fraction of sp³-hybridized carbons (Fsp3) is 0.667. The Kier molecular flexibility index (Phi) is 3.27. The summed E-state index contributed by atoms with van der Waals surface area (Å²) in [7, 11) is -2.01. The van der Waals surface area contributed by atoms with Crippen molar-refractivity contribution in [2.45, 2.75) is 50.4 Å². The number of allylic oxidation sites excluding steroid dienone is 4. The van der Waals surface area contributed by atoms with Crippen molar-refractivity contribution in [1.82, 2.24) is 0 Å². The van der Waals surface area contributed by atoms with Crippen molar-refractivity contribution in [1.29, 1.82) is 0 Å². The highest BCUT2D eigenvalue weighted by atomic mass is 28.3. The van der Waals surface area contributed by atoms with E-state index in [1.807, 2.05) is 0 Å². The van der Waals surface area contributed by atoms with E-state index in [2.05, 4.69) is 63.6 Å². The molecule has 0 saturated heterocycles. The minimum Gasteiger partial charge on any atom is -0.0841 e. The van der Waals surface area contributed by atoms with Gasteiger partial charge in [-0.2, -0.15) is 0 Å². The summed E-state index contributed by atoms with van der Waals surface area (Å²) in [4.78, 5) is 0. The van der Waals surface area contributed by atoms with E-state index in [9.17, 15) is 0 Å². The Hall–Kier alpha value is -0.0862. The molecule has 0 aromatic carbocycles. The van der Waals surface area contributed by atoms with E-state index in [1.165, 1.54) is 0 Å². The largest absolute Gasteiger partial charge is 0.0841 e. The highest BCUT2D eigenvalue weighted by Gasteiger charge is 2.28. The predicted molar refractivity (Wildman–Crippen MR) is 72.5 cm³/mol. The fourth-order valence-corrected chi connectivity index (χ4v) is 4.52. The monoisotopic (exact) mass is 224 g/mol. The van der Waals surface area contributed by atoms with Gasteiger partial charge in [-0.05, 0) is 11.1 Å². The van der Waals surface area contributed by atoms with Crippen LogP contribution < -0.4 is 0 Å². The molecule has 0 spiro atoms. The lowest BCUT2D eigenvalue weighted by atomic mass is 10.2. The van der Waals surface area contributed by atoms with Gasteiger partial charge in [-0.15, -0.1) is 0 Å². The first-order valence-corrected chi connectivity index (χ1v) is 12.7. The van der Waals surface area contributed by atoms with Crippen molar-refractivity contribution in [3.8, 4) is 0 Å². The second kappa shape index (κ2) is 3.82. The maximum Gasteiger partial charge on any atom is 0.0557 e. The van der Waals surface area contributed by atoms with Crippen molar-refractivity contribution in [3.05, 3.63) is 24.3 Å². The molecular formula is C12H24Si2. The van der Waals surface area contributed by atoms with Crippen LogP contribution in [0.1, 0.15) is 0 Å². The summed E-state index contributed by atoms with van der Waals surface area (Å²) < 4.78 is 0. The van der Waals surface area contributed by atoms with Crippen LogP contribution in [-0.2, 0) is 0 Å². The summed E-state index contributed by atoms with van der Waals surface area (Å²) in [5.41, 5.74) is 1.52. The maximum atomic E-state index is 2.47. The average molecular weight is 224 g/mol. The van der Waals surface area contributed by atoms with Crippen molar-refractivity contribution in [2.24, 2.45) is 0 Å². The molecule has 0 saturated carbocycles. The van der Waals surface area contributed by atoms with Crippen molar-refractivity contribution in [2.75, 3.05) is 0 Å². The molecule has 0 unspecified atom stereocenters. The van der Waals surface area contributed by atoms with Gasteiger partial charge in [0, 0.05) is 0 Å². The first-order valence-electron chi connectivity index (χ1n) is 5.58. The third-order valence-corrected chi connectivity index (χ3v) is 7.82. The van der Waals surface area contributed by atoms with E-state index in [0.29, 0.717) is 0 Å². The lowest BCUT2D eigenvalue weighted by Crippen LogP contribution is -2.30. The molecule has 0 aromatic heterocycles. The molecule has 2 heteroatoms. The van der Waals surface area contributed by atoms with Crippen molar-refractivity contribution < 1.29 is 0 Å². The maximum absolute atomic E-state index is 2.47. The van der Waals surface area contributed by atoms with E-state index < -0.39 is 16.1 Å². The Morgan fingerprint density at radius 1 is 0.571 bits per heavy atom. The predicted octanol–water partition coefficient (Wildman–Crippen LogP) is 4.53. The average Bonchev–Trinajstić information content (AvgIpc) is 2.01. The van der Waals surface area contributed by atoms with Crippen LogP contribution in [-0.4, -0.2) is 16.1 Å². The third-order valence-electron chi connectivity index (χ3n) is 3.05. The summed E-state index contributed by atoms with van der Waals surface area (Å²) in [6.45, 7) is 14.7. The highest BCUT2D eigenvalue weighted by Crippen LogP contribution is 2.35. The van der Waals surface area contributed by atoms with E-state index in [-0.39, 0.29) is 0 Å². The lowest BCUT2D eigenvalue weighted by Gasteiger charge is -2.31. The topological polar surface area (TPSA) is 0 Å². The molecule has 1 rings (SSSR count). The summed E-state index contributed by atoms with van der Waals surface area (Å²) in [5, 5.41) is 0. The zero-order valence-electron chi connectivity index (χ0n) is 10.5. The molecular weight excluding hydrogens is 200 g/mol. The van der Waals surface area contributed by atoms with Crippen LogP contribution in [0.5, 0.6) is 0 Å². The van der Waals surface area contributed by atoms with E-state index in [1.54, 1.807) is 0 Å². The molecule has 0 bridgehead atoms. The Morgan fingerprint density at radius 2 is 0.786 bits per heavy atom. The van der Waals surface area contributed by atoms with Gasteiger partial charge in [-0.25, -0.2) is 0 Å². The summed E-state index contributed by atoms with van der Waals surface area (Å²) >= 11 is 0. The zero-order valence-corrected chi connectivity index (χ0v) is 12.5. The minimum absolute atomic E-state index is 0.759. The van der Waals surface area contributed by atoms with Gasteiger partial charge >= 0.3 is 0 Å². The Bertz CT molecular complexity index is 210. The van der Waals surface area contributed by atoms with Gasteiger partial charge in [-0.1, -0.05) is 63.6 Å². The Balaban J connectivity index is 2.72. The van der Waals surface area contributed by atoms with Crippen molar-refractivity contribution in [3.63, 3.8) is 0 Å². The molecule has 1 aliphatic rings. The molecule has 0 fully saturated rings. The molecule has 0 aromatic rings. The second-order valence-electron chi connectivity index (χ2n) is 6.55. The van der Waals surface area contributed by atoms with Gasteiger partial charge in [0.1, 0.15) is 0 Å². The van der Waals surface area contributed by atoms with E-state index in [0.717, 1.165) is 11.1 Å². The number of hydrogen-bond acceptors (Lipinski definition) is 0. The first kappa shape index (κ1) is 12.0. The smallest absolute Gasteiger partial charge is 0.0557 e. The normalized spacial score (nSPS) is 28.1. The quantitative estimate of drug-likeness (QED) is 0.477. The summed E-state index contributed by atoms with van der Waals surface area (Å²) in [6, 6.07) is 0. The van der Waals surface area contributed by atoms with Gasteiger partial charge in [0.15, 0.2) is 0 Å². The van der Waals surface area contributed by atoms with Gasteiger partial charge in [0.25, 0.3) is 0 Å². The first-order chi connectivity index (χ1) is 6.21. The standard InChI is InChI=1S/C12H24Si2/c1-13(2,3)11-7-9-12(10-8-11)14(4,5)6/h7-12H,1-6H3. The Labute approximate surface area is 91.1 Å². The molecule has 14 heavy (non-hydrogen) atoms. The SMILES string of the molecule is C[Si](C)(C)C1C=CC([Si](C)(C)C)C=C1. The highest BCUT2D eigenvalue weighted by molar-refractivity contribution is 6.79. The summed E-state index contributed by atoms with van der Waals surface area (Å²) in [6.07, 6.45) is 9.87. The van der Waals surface area contributed by atoms with Crippen LogP contribution in [0.15, 0.2) is 24.3 Å². The van der Waals surface area contributed by atoms with Crippen LogP contribution in [0.3, 0.4) is 0 Å². The van der Waals surface area contributed by atoms with E-state index >= 15 is 0 Å². The molecule has 0 nitrogen and oxygen atoms in total. The zero-order chi connectivity index (χ0) is 11.0. The van der Waals surface area contributed by atoms with Crippen LogP contribution >= 0.6 is 0 Å². The molecule has 0 aliphatic heterocycles. The molecule has 0 radical (unpaired) electrons. The molecule has 0 amide bonds. The third kappa shape index (κ3) is 2.96. The van der Waals surface area contributed by atoms with Gasteiger partial charge < -0.3 is 0 Å². The van der Waals surface area contributed by atoms with Crippen LogP contribution in [0.2, 0.25) is 50.4 Å². The van der Waals surface area contributed by atoms with Crippen LogP contribution in [0, 0.1) is 0 Å². The van der Waals surface area contributed by atoms with Gasteiger partial charge in [0.2, 0.25) is 0 Å². The molecule has 1 aliphatic carbocycles. The van der Waals surface area contributed by atoms with Crippen LogP contribution in [0.25, 0.3) is 0 Å². The van der Waals surface area contributed by atoms with Gasteiger partial charge in [0.05, 0.1) is 16.1 Å². The molecule has 0 atom stereocenters. The molecule has 80 valence electrons. The van der Waals surface area contributed by atoms with Crippen LogP contribution in [0.4, 0.5) is 0 Å². The number of hydrogen-bond donors (Lipinski definition) is 0. The van der Waals surface area contributed by atoms with Gasteiger partial charge in [-0.3, -0.25) is 0 Å². The second-order valence-corrected chi connectivity index (χ2v) is 17.4. The fourth-order valence-electron chi connectivity index (χ4n) is 1.76. The molecule has 0 heterocycles. The minimum atomic E-state index is -1.00. The van der Waals surface area contributed by atoms with Crippen molar-refractivity contribution >= 4 is 16.1 Å². The van der Waals surface area contributed by atoms with E-state index in [4.69, 9.17) is 0 Å². The number of rotatable bonds is 2.